The van der Waals surface area contributed by atoms with Crippen LogP contribution in [0.4, 0.5) is 0 Å². The van der Waals surface area contributed by atoms with E-state index in [1.807, 2.05) is 6.92 Å². The monoisotopic (exact) mass is 368 g/mol. The van der Waals surface area contributed by atoms with E-state index in [0.29, 0.717) is 29.7 Å². The molecule has 1 aliphatic heterocycles. The summed E-state index contributed by atoms with van der Waals surface area (Å²) in [5.41, 5.74) is 0.772. The van der Waals surface area contributed by atoms with E-state index in [0.717, 1.165) is 38.4 Å². The van der Waals surface area contributed by atoms with Crippen LogP contribution in [0.25, 0.3) is 6.08 Å². The van der Waals surface area contributed by atoms with E-state index < -0.39 is 0 Å². The molecule has 1 heterocycles. The van der Waals surface area contributed by atoms with Gasteiger partial charge in [-0.2, -0.15) is 0 Å². The largest absolute Gasteiger partial charge is 0.493 e. The molecule has 0 spiro atoms. The Morgan fingerprint density at radius 3 is 2.84 bits per heavy atom. The Hall–Kier alpha value is -1.76. The number of methoxy groups -OCH3 is 1. The van der Waals surface area contributed by atoms with E-state index in [-0.39, 0.29) is 5.91 Å². The van der Waals surface area contributed by atoms with Crippen LogP contribution in [-0.2, 0) is 9.53 Å². The molecule has 1 saturated heterocycles. The summed E-state index contributed by atoms with van der Waals surface area (Å²) in [7, 11) is 1.56. The topological polar surface area (TPSA) is 60.0 Å². The Morgan fingerprint density at radius 1 is 1.40 bits per heavy atom. The molecular formula is C18H25ClN2O4. The molecule has 0 saturated carbocycles. The van der Waals surface area contributed by atoms with E-state index in [1.54, 1.807) is 25.3 Å². The first-order valence-electron chi connectivity index (χ1n) is 8.40. The van der Waals surface area contributed by atoms with Gasteiger partial charge in [-0.3, -0.25) is 9.69 Å². The minimum absolute atomic E-state index is 0.141. The highest BCUT2D eigenvalue weighted by Crippen LogP contribution is 2.36. The first-order valence-corrected chi connectivity index (χ1v) is 8.78. The van der Waals surface area contributed by atoms with Gasteiger partial charge in [0, 0.05) is 32.3 Å². The molecule has 7 heteroatoms. The molecule has 25 heavy (non-hydrogen) atoms. The van der Waals surface area contributed by atoms with E-state index in [9.17, 15) is 4.79 Å². The third-order valence-electron chi connectivity index (χ3n) is 3.80. The Balaban J connectivity index is 1.87. The number of rotatable bonds is 8. The molecule has 0 radical (unpaired) electrons. The van der Waals surface area contributed by atoms with E-state index in [2.05, 4.69) is 10.2 Å². The molecule has 0 unspecified atom stereocenters. The number of carbonyl (C=O) groups is 1. The van der Waals surface area contributed by atoms with Crippen molar-refractivity contribution in [3.63, 3.8) is 0 Å². The van der Waals surface area contributed by atoms with Gasteiger partial charge < -0.3 is 19.5 Å². The number of carbonyl (C=O) groups excluding carboxylic acids is 1. The van der Waals surface area contributed by atoms with E-state index >= 15 is 0 Å². The van der Waals surface area contributed by atoms with Gasteiger partial charge in [-0.05, 0) is 30.7 Å². The van der Waals surface area contributed by atoms with Crippen molar-refractivity contribution in [2.24, 2.45) is 0 Å². The minimum atomic E-state index is -0.141. The predicted octanol–water partition coefficient (Wildman–Crippen LogP) is 2.21. The molecule has 1 fully saturated rings. The molecule has 1 aromatic carbocycles. The first-order chi connectivity index (χ1) is 12.1. The number of benzene rings is 1. The number of ether oxygens (including phenoxy) is 3. The summed E-state index contributed by atoms with van der Waals surface area (Å²) >= 11 is 6.22. The number of morpholine rings is 1. The lowest BCUT2D eigenvalue weighted by molar-refractivity contribution is -0.116. The third-order valence-corrected chi connectivity index (χ3v) is 4.08. The Bertz CT molecular complexity index is 601. The molecule has 1 aromatic rings. The normalized spacial score (nSPS) is 15.3. The van der Waals surface area contributed by atoms with Gasteiger partial charge in [-0.25, -0.2) is 0 Å². The number of nitrogens with one attached hydrogen (secondary N) is 1. The van der Waals surface area contributed by atoms with Crippen LogP contribution in [0.15, 0.2) is 18.2 Å². The number of hydrogen-bond acceptors (Lipinski definition) is 5. The molecule has 0 aromatic heterocycles. The first kappa shape index (κ1) is 19.6. The van der Waals surface area contributed by atoms with Crippen LogP contribution >= 0.6 is 11.6 Å². The maximum Gasteiger partial charge on any atom is 0.244 e. The molecule has 1 aliphatic rings. The number of amides is 1. The Kier molecular flexibility index (Phi) is 8.04. The van der Waals surface area contributed by atoms with Crippen molar-refractivity contribution in [1.29, 1.82) is 0 Å². The van der Waals surface area contributed by atoms with Crippen molar-refractivity contribution in [2.45, 2.75) is 6.92 Å². The zero-order valence-corrected chi connectivity index (χ0v) is 15.5. The summed E-state index contributed by atoms with van der Waals surface area (Å²) in [5, 5.41) is 3.33. The number of halogens is 1. The highest BCUT2D eigenvalue weighted by molar-refractivity contribution is 6.32. The van der Waals surface area contributed by atoms with Crippen LogP contribution in [0.2, 0.25) is 5.02 Å². The quantitative estimate of drug-likeness (QED) is 0.713. The maximum atomic E-state index is 11.9. The molecule has 0 bridgehead atoms. The van der Waals surface area contributed by atoms with Crippen LogP contribution < -0.4 is 14.8 Å². The van der Waals surface area contributed by atoms with Crippen LogP contribution in [0.3, 0.4) is 0 Å². The predicted molar refractivity (Wildman–Crippen MR) is 98.5 cm³/mol. The van der Waals surface area contributed by atoms with Crippen molar-refractivity contribution < 1.29 is 19.0 Å². The van der Waals surface area contributed by atoms with Gasteiger partial charge in [0.25, 0.3) is 0 Å². The fourth-order valence-electron chi connectivity index (χ4n) is 2.51. The molecule has 6 nitrogen and oxygen atoms in total. The second-order valence-electron chi connectivity index (χ2n) is 5.55. The lowest BCUT2D eigenvalue weighted by Gasteiger charge is -2.26. The second kappa shape index (κ2) is 10.3. The Morgan fingerprint density at radius 2 is 2.16 bits per heavy atom. The fraction of sp³-hybridized carbons (Fsp3) is 0.500. The summed E-state index contributed by atoms with van der Waals surface area (Å²) in [6, 6.07) is 3.53. The van der Waals surface area contributed by atoms with Crippen LogP contribution in [0, 0.1) is 0 Å². The zero-order valence-electron chi connectivity index (χ0n) is 14.7. The van der Waals surface area contributed by atoms with Crippen molar-refractivity contribution in [3.8, 4) is 11.5 Å². The van der Waals surface area contributed by atoms with Crippen LogP contribution in [0.1, 0.15) is 12.5 Å². The number of hydrogen-bond donors (Lipinski definition) is 1. The summed E-state index contributed by atoms with van der Waals surface area (Å²) in [5.74, 6) is 0.915. The summed E-state index contributed by atoms with van der Waals surface area (Å²) < 4.78 is 16.1. The molecule has 1 amide bonds. The lowest BCUT2D eigenvalue weighted by atomic mass is 10.2. The smallest absolute Gasteiger partial charge is 0.244 e. The third kappa shape index (κ3) is 6.23. The Labute approximate surface area is 153 Å². The van der Waals surface area contributed by atoms with Crippen molar-refractivity contribution in [2.75, 3.05) is 53.1 Å². The highest BCUT2D eigenvalue weighted by atomic mass is 35.5. The van der Waals surface area contributed by atoms with Gasteiger partial charge >= 0.3 is 0 Å². The molecule has 0 aliphatic carbocycles. The summed E-state index contributed by atoms with van der Waals surface area (Å²) in [4.78, 5) is 14.2. The molecule has 2 rings (SSSR count). The van der Waals surface area contributed by atoms with Crippen molar-refractivity contribution in [3.05, 3.63) is 28.8 Å². The number of nitrogens with zero attached hydrogens (tertiary/aromatic N) is 1. The average molecular weight is 369 g/mol. The van der Waals surface area contributed by atoms with Gasteiger partial charge in [-0.15, -0.1) is 0 Å². The van der Waals surface area contributed by atoms with Gasteiger partial charge in [0.05, 0.1) is 32.0 Å². The van der Waals surface area contributed by atoms with Gasteiger partial charge in [0.2, 0.25) is 5.91 Å². The molecule has 1 N–H and O–H groups in total. The molecular weight excluding hydrogens is 344 g/mol. The molecule has 0 atom stereocenters. The van der Waals surface area contributed by atoms with E-state index in [4.69, 9.17) is 25.8 Å². The maximum absolute atomic E-state index is 11.9. The summed E-state index contributed by atoms with van der Waals surface area (Å²) in [6.45, 7) is 7.15. The SMILES string of the molecule is CCOc1c(Cl)cc(/C=C/C(=O)NCCN2CCOCC2)cc1OC. The van der Waals surface area contributed by atoms with Crippen LogP contribution in [-0.4, -0.2) is 63.9 Å². The highest BCUT2D eigenvalue weighted by Gasteiger charge is 2.11. The van der Waals surface area contributed by atoms with Gasteiger partial charge in [-0.1, -0.05) is 11.6 Å². The van der Waals surface area contributed by atoms with Gasteiger partial charge in [0.1, 0.15) is 0 Å². The van der Waals surface area contributed by atoms with Crippen molar-refractivity contribution in [1.82, 2.24) is 10.2 Å². The second-order valence-corrected chi connectivity index (χ2v) is 5.95. The average Bonchev–Trinajstić information content (AvgIpc) is 2.62. The zero-order chi connectivity index (χ0) is 18.1. The summed E-state index contributed by atoms with van der Waals surface area (Å²) in [6.07, 6.45) is 3.19. The van der Waals surface area contributed by atoms with Crippen molar-refractivity contribution >= 4 is 23.6 Å². The lowest BCUT2D eigenvalue weighted by Crippen LogP contribution is -2.41. The minimum Gasteiger partial charge on any atom is -0.493 e. The van der Waals surface area contributed by atoms with Crippen LogP contribution in [0.5, 0.6) is 11.5 Å². The van der Waals surface area contributed by atoms with E-state index in [1.165, 1.54) is 6.08 Å². The standard InChI is InChI=1S/C18H25ClN2O4/c1-3-25-18-15(19)12-14(13-16(18)23-2)4-5-17(22)20-6-7-21-8-10-24-11-9-21/h4-5,12-13H,3,6-11H2,1-2H3,(H,20,22)/b5-4+. The molecule has 138 valence electrons. The fourth-order valence-corrected chi connectivity index (χ4v) is 2.79. The van der Waals surface area contributed by atoms with Gasteiger partial charge in [0.15, 0.2) is 11.5 Å².